The maximum absolute atomic E-state index is 12.2. The van der Waals surface area contributed by atoms with Crippen molar-refractivity contribution in [1.29, 1.82) is 0 Å². The fourth-order valence-electron chi connectivity index (χ4n) is 1.86. The molecule has 0 saturated carbocycles. The highest BCUT2D eigenvalue weighted by Gasteiger charge is 2.12. The predicted octanol–water partition coefficient (Wildman–Crippen LogP) is 3.41. The Bertz CT molecular complexity index is 418. The summed E-state index contributed by atoms with van der Waals surface area (Å²) in [5.41, 5.74) is 1.48. The maximum atomic E-state index is 12.2. The first-order valence-corrected chi connectivity index (χ1v) is 7.50. The Morgan fingerprint density at radius 1 is 1.45 bits per heavy atom. The van der Waals surface area contributed by atoms with Crippen LogP contribution in [0.4, 0.5) is 5.69 Å². The molecule has 0 bridgehead atoms. The van der Waals surface area contributed by atoms with Crippen LogP contribution in [-0.2, 0) is 0 Å². The van der Waals surface area contributed by atoms with Gasteiger partial charge in [0.1, 0.15) is 5.69 Å². The van der Waals surface area contributed by atoms with Gasteiger partial charge in [-0.25, -0.2) is 0 Å². The van der Waals surface area contributed by atoms with Crippen LogP contribution in [0, 0.1) is 5.92 Å². The van der Waals surface area contributed by atoms with Crippen molar-refractivity contribution >= 4 is 11.6 Å². The zero-order valence-corrected chi connectivity index (χ0v) is 13.1. The number of hydrogen-bond acceptors (Lipinski definition) is 3. The number of pyridine rings is 1. The number of nitrogens with one attached hydrogen (secondary N) is 1. The molecule has 0 aliphatic carbocycles. The number of nitrogens with zero attached hydrogens (tertiary/aromatic N) is 2. The van der Waals surface area contributed by atoms with Gasteiger partial charge in [0.2, 0.25) is 0 Å². The molecule has 0 atom stereocenters. The molecule has 0 unspecified atom stereocenters. The quantitative estimate of drug-likeness (QED) is 0.792. The molecule has 1 aromatic heterocycles. The number of amides is 1. The summed E-state index contributed by atoms with van der Waals surface area (Å²) in [5, 5.41) is 3.34. The fourth-order valence-corrected chi connectivity index (χ4v) is 1.86. The third-order valence-electron chi connectivity index (χ3n) is 3.22. The Hall–Kier alpha value is -1.58. The minimum absolute atomic E-state index is 0.00837. The molecule has 4 heteroatoms. The van der Waals surface area contributed by atoms with Crippen LogP contribution >= 0.6 is 0 Å². The molecule has 112 valence electrons. The Balaban J connectivity index is 2.60. The molecule has 0 radical (unpaired) electrons. The van der Waals surface area contributed by atoms with Gasteiger partial charge in [0.05, 0.1) is 0 Å². The molecule has 1 rings (SSSR count). The van der Waals surface area contributed by atoms with Crippen molar-refractivity contribution in [3.8, 4) is 0 Å². The number of carbonyl (C=O) groups excluding carboxylic acids is 1. The minimum atomic E-state index is -0.00837. The lowest BCUT2D eigenvalue weighted by Crippen LogP contribution is -2.28. The highest BCUT2D eigenvalue weighted by molar-refractivity contribution is 5.92. The summed E-state index contributed by atoms with van der Waals surface area (Å²) in [7, 11) is 1.83. The topological polar surface area (TPSA) is 45.2 Å². The number of rotatable bonds is 8. The largest absolute Gasteiger partial charge is 0.385 e. The van der Waals surface area contributed by atoms with Gasteiger partial charge in [-0.3, -0.25) is 9.78 Å². The maximum Gasteiger partial charge on any atom is 0.272 e. The van der Waals surface area contributed by atoms with E-state index in [-0.39, 0.29) is 5.91 Å². The third kappa shape index (κ3) is 5.59. The first kappa shape index (κ1) is 16.5. The summed E-state index contributed by atoms with van der Waals surface area (Å²) in [5.74, 6) is 0.663. The van der Waals surface area contributed by atoms with Gasteiger partial charge < -0.3 is 10.2 Å². The zero-order valence-electron chi connectivity index (χ0n) is 13.1. The molecule has 1 heterocycles. The van der Waals surface area contributed by atoms with E-state index in [9.17, 15) is 4.79 Å². The van der Waals surface area contributed by atoms with E-state index in [0.29, 0.717) is 11.6 Å². The molecule has 0 fully saturated rings. The highest BCUT2D eigenvalue weighted by Crippen LogP contribution is 2.11. The van der Waals surface area contributed by atoms with Crippen LogP contribution in [0.15, 0.2) is 18.3 Å². The van der Waals surface area contributed by atoms with Gasteiger partial charge in [0.25, 0.3) is 5.91 Å². The summed E-state index contributed by atoms with van der Waals surface area (Å²) in [6.07, 6.45) is 4.91. The van der Waals surface area contributed by atoms with Crippen molar-refractivity contribution < 1.29 is 4.79 Å². The van der Waals surface area contributed by atoms with E-state index in [0.717, 1.165) is 38.0 Å². The highest BCUT2D eigenvalue weighted by atomic mass is 16.2. The second kappa shape index (κ2) is 8.56. The number of unbranched alkanes of at least 4 members (excludes halogenated alkanes) is 1. The monoisotopic (exact) mass is 277 g/mol. The van der Waals surface area contributed by atoms with Gasteiger partial charge in [-0.15, -0.1) is 0 Å². The second-order valence-corrected chi connectivity index (χ2v) is 5.62. The van der Waals surface area contributed by atoms with Crippen LogP contribution in [-0.4, -0.2) is 35.9 Å². The molecule has 0 aliphatic rings. The minimum Gasteiger partial charge on any atom is -0.385 e. The van der Waals surface area contributed by atoms with Gasteiger partial charge in [0, 0.05) is 32.0 Å². The summed E-state index contributed by atoms with van der Waals surface area (Å²) in [4.78, 5) is 18.1. The van der Waals surface area contributed by atoms with E-state index in [2.05, 4.69) is 31.1 Å². The van der Waals surface area contributed by atoms with E-state index in [1.165, 1.54) is 0 Å². The first-order chi connectivity index (χ1) is 9.54. The first-order valence-electron chi connectivity index (χ1n) is 7.50. The number of hydrogen-bond donors (Lipinski definition) is 1. The van der Waals surface area contributed by atoms with Crippen LogP contribution in [0.2, 0.25) is 0 Å². The average Bonchev–Trinajstić information content (AvgIpc) is 2.44. The van der Waals surface area contributed by atoms with E-state index < -0.39 is 0 Å². The van der Waals surface area contributed by atoms with Crippen LogP contribution in [0.1, 0.15) is 50.5 Å². The van der Waals surface area contributed by atoms with Crippen molar-refractivity contribution in [2.45, 2.75) is 40.0 Å². The van der Waals surface area contributed by atoms with Crippen LogP contribution < -0.4 is 5.32 Å². The summed E-state index contributed by atoms with van der Waals surface area (Å²) in [6.45, 7) is 8.22. The second-order valence-electron chi connectivity index (χ2n) is 5.62. The molecule has 1 aromatic rings. The third-order valence-corrected chi connectivity index (χ3v) is 3.22. The molecule has 0 spiro atoms. The van der Waals surface area contributed by atoms with Crippen molar-refractivity contribution in [2.75, 3.05) is 25.5 Å². The standard InChI is InChI=1S/C16H27N3O/c1-5-6-11-19(4)16(20)15-12-14(8-10-18-15)17-9-7-13(2)3/h8,10,12-13H,5-7,9,11H2,1-4H3,(H,17,18). The van der Waals surface area contributed by atoms with Gasteiger partial charge in [0.15, 0.2) is 0 Å². The van der Waals surface area contributed by atoms with Gasteiger partial charge in [-0.2, -0.15) is 0 Å². The summed E-state index contributed by atoms with van der Waals surface area (Å²) < 4.78 is 0. The molecule has 1 amide bonds. The summed E-state index contributed by atoms with van der Waals surface area (Å²) in [6, 6.07) is 3.74. The Morgan fingerprint density at radius 2 is 2.20 bits per heavy atom. The van der Waals surface area contributed by atoms with Crippen molar-refractivity contribution in [3.05, 3.63) is 24.0 Å². The molecule has 4 nitrogen and oxygen atoms in total. The molecule has 20 heavy (non-hydrogen) atoms. The number of anilines is 1. The van der Waals surface area contributed by atoms with Crippen LogP contribution in [0.5, 0.6) is 0 Å². The fraction of sp³-hybridized carbons (Fsp3) is 0.625. The molecule has 0 aliphatic heterocycles. The molecule has 0 saturated heterocycles. The predicted molar refractivity (Wildman–Crippen MR) is 84.1 cm³/mol. The molecule has 1 N–H and O–H groups in total. The van der Waals surface area contributed by atoms with Gasteiger partial charge in [-0.1, -0.05) is 27.2 Å². The lowest BCUT2D eigenvalue weighted by Gasteiger charge is -2.16. The normalized spacial score (nSPS) is 10.7. The SMILES string of the molecule is CCCCN(C)C(=O)c1cc(NCCC(C)C)ccn1. The van der Waals surface area contributed by atoms with E-state index in [1.54, 1.807) is 11.1 Å². The summed E-state index contributed by atoms with van der Waals surface area (Å²) >= 11 is 0. The molecule has 0 aromatic carbocycles. The van der Waals surface area contributed by atoms with E-state index >= 15 is 0 Å². The molecular formula is C16H27N3O. The zero-order chi connectivity index (χ0) is 15.0. The smallest absolute Gasteiger partial charge is 0.272 e. The van der Waals surface area contributed by atoms with Crippen LogP contribution in [0.25, 0.3) is 0 Å². The lowest BCUT2D eigenvalue weighted by molar-refractivity contribution is 0.0787. The lowest BCUT2D eigenvalue weighted by atomic mass is 10.1. The van der Waals surface area contributed by atoms with Crippen molar-refractivity contribution in [2.24, 2.45) is 5.92 Å². The van der Waals surface area contributed by atoms with E-state index in [1.807, 2.05) is 19.2 Å². The Morgan fingerprint density at radius 3 is 2.85 bits per heavy atom. The Labute approximate surface area is 122 Å². The van der Waals surface area contributed by atoms with E-state index in [4.69, 9.17) is 0 Å². The van der Waals surface area contributed by atoms with Crippen LogP contribution in [0.3, 0.4) is 0 Å². The van der Waals surface area contributed by atoms with Gasteiger partial charge >= 0.3 is 0 Å². The van der Waals surface area contributed by atoms with Gasteiger partial charge in [-0.05, 0) is 30.9 Å². The Kier molecular flexibility index (Phi) is 7.05. The van der Waals surface area contributed by atoms with Crippen molar-refractivity contribution in [3.63, 3.8) is 0 Å². The molecular weight excluding hydrogens is 250 g/mol. The number of carbonyl (C=O) groups is 1. The van der Waals surface area contributed by atoms with Crippen molar-refractivity contribution in [1.82, 2.24) is 9.88 Å². The average molecular weight is 277 g/mol. The number of aromatic nitrogens is 1.